The molecule has 2 aromatic rings. The number of nitrogens with zero attached hydrogens (tertiary/aromatic N) is 1. The monoisotopic (exact) mass is 217 g/mol. The first-order chi connectivity index (χ1) is 7.85. The van der Waals surface area contributed by atoms with Gasteiger partial charge in [0, 0.05) is 12.1 Å². The first-order valence-electron chi connectivity index (χ1n) is 5.16. The van der Waals surface area contributed by atoms with Crippen LogP contribution in [-0.4, -0.2) is 24.1 Å². The molecular formula is C12H15N3O. The Balaban J connectivity index is 2.37. The third kappa shape index (κ3) is 2.06. The van der Waals surface area contributed by atoms with E-state index in [0.717, 1.165) is 29.2 Å². The fourth-order valence-corrected chi connectivity index (χ4v) is 1.65. The van der Waals surface area contributed by atoms with E-state index in [-0.39, 0.29) is 0 Å². The van der Waals surface area contributed by atoms with Crippen LogP contribution in [0.1, 0.15) is 5.69 Å². The molecule has 0 saturated heterocycles. The molecule has 2 rings (SSSR count). The number of H-pyrrole nitrogens is 1. The number of hydrogen-bond acceptors (Lipinski definition) is 3. The topological polar surface area (TPSA) is 49.9 Å². The molecule has 1 heterocycles. The molecule has 0 aliphatic heterocycles. The summed E-state index contributed by atoms with van der Waals surface area (Å²) in [5, 5.41) is 3.11. The second kappa shape index (κ2) is 4.81. The van der Waals surface area contributed by atoms with Gasteiger partial charge < -0.3 is 15.0 Å². The molecule has 16 heavy (non-hydrogen) atoms. The smallest absolute Gasteiger partial charge is 0.119 e. The van der Waals surface area contributed by atoms with Crippen LogP contribution in [0.4, 0.5) is 0 Å². The maximum absolute atomic E-state index is 5.20. The number of hydrogen-bond donors (Lipinski definition) is 2. The summed E-state index contributed by atoms with van der Waals surface area (Å²) in [5.41, 5.74) is 3.11. The minimum Gasteiger partial charge on any atom is -0.497 e. The molecule has 1 aromatic carbocycles. The quantitative estimate of drug-likeness (QED) is 0.821. The molecule has 84 valence electrons. The van der Waals surface area contributed by atoms with E-state index in [1.165, 1.54) is 0 Å². The van der Waals surface area contributed by atoms with E-state index in [9.17, 15) is 0 Å². The molecule has 0 atom stereocenters. The van der Waals surface area contributed by atoms with Crippen LogP contribution in [0.15, 0.2) is 30.6 Å². The molecule has 0 aliphatic carbocycles. The van der Waals surface area contributed by atoms with Gasteiger partial charge in [0.1, 0.15) is 5.75 Å². The van der Waals surface area contributed by atoms with Gasteiger partial charge in [-0.25, -0.2) is 4.98 Å². The predicted octanol–water partition coefficient (Wildman–Crippen LogP) is 1.80. The third-order valence-corrected chi connectivity index (χ3v) is 2.42. The second-order valence-electron chi connectivity index (χ2n) is 3.49. The van der Waals surface area contributed by atoms with Crippen LogP contribution in [0.2, 0.25) is 0 Å². The minimum atomic E-state index is 0.770. The van der Waals surface area contributed by atoms with Crippen molar-refractivity contribution in [2.45, 2.75) is 6.54 Å². The fourth-order valence-electron chi connectivity index (χ4n) is 1.65. The van der Waals surface area contributed by atoms with Crippen molar-refractivity contribution in [3.05, 3.63) is 36.3 Å². The summed E-state index contributed by atoms with van der Waals surface area (Å²) in [6.07, 6.45) is 1.71. The SMILES string of the molecule is CNCc1[nH]cnc1-c1cccc(OC)c1. The average molecular weight is 217 g/mol. The Hall–Kier alpha value is -1.81. The molecule has 0 spiro atoms. The van der Waals surface area contributed by atoms with Crippen LogP contribution in [0.3, 0.4) is 0 Å². The molecule has 0 saturated carbocycles. The summed E-state index contributed by atoms with van der Waals surface area (Å²) in [6.45, 7) is 0.770. The van der Waals surface area contributed by atoms with E-state index in [4.69, 9.17) is 4.74 Å². The summed E-state index contributed by atoms with van der Waals surface area (Å²) in [5.74, 6) is 0.843. The standard InChI is InChI=1S/C12H15N3O/c1-13-7-11-12(15-8-14-11)9-4-3-5-10(6-9)16-2/h3-6,8,13H,7H2,1-2H3,(H,14,15). The highest BCUT2D eigenvalue weighted by molar-refractivity contribution is 5.63. The number of ether oxygens (including phenoxy) is 1. The van der Waals surface area contributed by atoms with E-state index in [0.29, 0.717) is 0 Å². The maximum Gasteiger partial charge on any atom is 0.119 e. The van der Waals surface area contributed by atoms with Gasteiger partial charge in [-0.15, -0.1) is 0 Å². The van der Waals surface area contributed by atoms with E-state index >= 15 is 0 Å². The van der Waals surface area contributed by atoms with Crippen molar-refractivity contribution in [1.82, 2.24) is 15.3 Å². The Bertz CT molecular complexity index is 465. The number of imidazole rings is 1. The molecule has 2 N–H and O–H groups in total. The minimum absolute atomic E-state index is 0.770. The molecule has 1 aromatic heterocycles. The van der Waals surface area contributed by atoms with Crippen molar-refractivity contribution in [1.29, 1.82) is 0 Å². The number of nitrogens with one attached hydrogen (secondary N) is 2. The van der Waals surface area contributed by atoms with Crippen LogP contribution >= 0.6 is 0 Å². The van der Waals surface area contributed by atoms with Gasteiger partial charge in [0.25, 0.3) is 0 Å². The first-order valence-corrected chi connectivity index (χ1v) is 5.16. The lowest BCUT2D eigenvalue weighted by molar-refractivity contribution is 0.415. The lowest BCUT2D eigenvalue weighted by Gasteiger charge is -2.04. The van der Waals surface area contributed by atoms with Crippen molar-refractivity contribution < 1.29 is 4.74 Å². The summed E-state index contributed by atoms with van der Waals surface area (Å²) >= 11 is 0. The Labute approximate surface area is 94.7 Å². The number of aromatic nitrogens is 2. The van der Waals surface area contributed by atoms with Gasteiger partial charge in [0.15, 0.2) is 0 Å². The molecule has 4 nitrogen and oxygen atoms in total. The van der Waals surface area contributed by atoms with Crippen molar-refractivity contribution in [2.24, 2.45) is 0 Å². The molecule has 0 bridgehead atoms. The zero-order valence-electron chi connectivity index (χ0n) is 9.45. The van der Waals surface area contributed by atoms with Gasteiger partial charge >= 0.3 is 0 Å². The van der Waals surface area contributed by atoms with Crippen LogP contribution in [0.5, 0.6) is 5.75 Å². The number of benzene rings is 1. The number of aromatic amines is 1. The van der Waals surface area contributed by atoms with Gasteiger partial charge in [-0.05, 0) is 19.2 Å². The molecule has 0 radical (unpaired) electrons. The molecule has 0 unspecified atom stereocenters. The van der Waals surface area contributed by atoms with Gasteiger partial charge in [-0.1, -0.05) is 12.1 Å². The molecule has 0 aliphatic rings. The summed E-state index contributed by atoms with van der Waals surface area (Å²) in [4.78, 5) is 7.46. The van der Waals surface area contributed by atoms with Crippen LogP contribution < -0.4 is 10.1 Å². The average Bonchev–Trinajstić information content (AvgIpc) is 2.78. The van der Waals surface area contributed by atoms with E-state index in [2.05, 4.69) is 15.3 Å². The van der Waals surface area contributed by atoms with Gasteiger partial charge in [0.2, 0.25) is 0 Å². The van der Waals surface area contributed by atoms with Gasteiger partial charge in [-0.2, -0.15) is 0 Å². The normalized spacial score (nSPS) is 10.4. The molecule has 0 amide bonds. The zero-order chi connectivity index (χ0) is 11.4. The highest BCUT2D eigenvalue weighted by atomic mass is 16.5. The highest BCUT2D eigenvalue weighted by Gasteiger charge is 2.07. The number of methoxy groups -OCH3 is 1. The molecule has 4 heteroatoms. The van der Waals surface area contributed by atoms with E-state index in [1.807, 2.05) is 31.3 Å². The van der Waals surface area contributed by atoms with Crippen LogP contribution in [0, 0.1) is 0 Å². The lowest BCUT2D eigenvalue weighted by atomic mass is 10.1. The highest BCUT2D eigenvalue weighted by Crippen LogP contribution is 2.24. The number of rotatable bonds is 4. The third-order valence-electron chi connectivity index (χ3n) is 2.42. The largest absolute Gasteiger partial charge is 0.497 e. The van der Waals surface area contributed by atoms with Crippen molar-refractivity contribution >= 4 is 0 Å². The predicted molar refractivity (Wildman–Crippen MR) is 63.3 cm³/mol. The van der Waals surface area contributed by atoms with E-state index < -0.39 is 0 Å². The van der Waals surface area contributed by atoms with Crippen LogP contribution in [0.25, 0.3) is 11.3 Å². The molecular weight excluding hydrogens is 202 g/mol. The molecule has 0 fully saturated rings. The second-order valence-corrected chi connectivity index (χ2v) is 3.49. The van der Waals surface area contributed by atoms with Crippen molar-refractivity contribution in [2.75, 3.05) is 14.2 Å². The summed E-state index contributed by atoms with van der Waals surface area (Å²) in [7, 11) is 3.58. The Morgan fingerprint density at radius 2 is 2.31 bits per heavy atom. The van der Waals surface area contributed by atoms with Crippen molar-refractivity contribution in [3.8, 4) is 17.0 Å². The Kier molecular flexibility index (Phi) is 3.22. The van der Waals surface area contributed by atoms with Gasteiger partial charge in [0.05, 0.1) is 24.8 Å². The van der Waals surface area contributed by atoms with Crippen LogP contribution in [-0.2, 0) is 6.54 Å². The first kappa shape index (κ1) is 10.7. The Morgan fingerprint density at radius 3 is 3.06 bits per heavy atom. The van der Waals surface area contributed by atoms with Crippen molar-refractivity contribution in [3.63, 3.8) is 0 Å². The fraction of sp³-hybridized carbons (Fsp3) is 0.250. The maximum atomic E-state index is 5.20. The zero-order valence-corrected chi connectivity index (χ0v) is 9.45. The van der Waals surface area contributed by atoms with Gasteiger partial charge in [-0.3, -0.25) is 0 Å². The summed E-state index contributed by atoms with van der Waals surface area (Å²) < 4.78 is 5.20. The summed E-state index contributed by atoms with van der Waals surface area (Å²) in [6, 6.07) is 7.90. The van der Waals surface area contributed by atoms with E-state index in [1.54, 1.807) is 13.4 Å². The Morgan fingerprint density at radius 1 is 1.44 bits per heavy atom. The lowest BCUT2D eigenvalue weighted by Crippen LogP contribution is -2.06.